The maximum atomic E-state index is 8.75. The van der Waals surface area contributed by atoms with Crippen LogP contribution in [-0.2, 0) is 19.3 Å². The lowest BCUT2D eigenvalue weighted by atomic mass is 10.0. The molecule has 3 heteroatoms. The number of hydrogen-bond donors (Lipinski definition) is 1. The standard InChI is InChI=1S/C19H22N2.ClH/c1-16(21-13-11-17-6-3-2-4-7-17)14-19-9-5-8-18(15-19)10-12-20;/h2-9,15-16,21H,10-11,13-14H2,1H3;1H/t16-;/m1./s1. The largest absolute Gasteiger partial charge is 0.314 e. The number of rotatable bonds is 7. The Kier molecular flexibility index (Phi) is 8.28. The molecule has 22 heavy (non-hydrogen) atoms. The van der Waals surface area contributed by atoms with Crippen molar-refractivity contribution < 1.29 is 0 Å². The minimum atomic E-state index is 0. The smallest absolute Gasteiger partial charge is 0.0669 e. The van der Waals surface area contributed by atoms with Crippen LogP contribution in [0.25, 0.3) is 0 Å². The van der Waals surface area contributed by atoms with Gasteiger partial charge in [-0.3, -0.25) is 0 Å². The number of halogens is 1. The molecule has 0 spiro atoms. The zero-order chi connectivity index (χ0) is 14.9. The van der Waals surface area contributed by atoms with Gasteiger partial charge in [0.1, 0.15) is 0 Å². The molecule has 116 valence electrons. The van der Waals surface area contributed by atoms with Crippen LogP contribution in [0.15, 0.2) is 54.6 Å². The lowest BCUT2D eigenvalue weighted by Gasteiger charge is -2.14. The van der Waals surface area contributed by atoms with E-state index in [-0.39, 0.29) is 12.4 Å². The normalized spacial score (nSPS) is 11.3. The highest BCUT2D eigenvalue weighted by atomic mass is 35.5. The summed E-state index contributed by atoms with van der Waals surface area (Å²) in [5.74, 6) is 0. The maximum Gasteiger partial charge on any atom is 0.0669 e. The Morgan fingerprint density at radius 1 is 1.00 bits per heavy atom. The van der Waals surface area contributed by atoms with Crippen molar-refractivity contribution in [1.29, 1.82) is 5.26 Å². The van der Waals surface area contributed by atoms with Crippen LogP contribution in [0.3, 0.4) is 0 Å². The summed E-state index contributed by atoms with van der Waals surface area (Å²) in [7, 11) is 0. The monoisotopic (exact) mass is 314 g/mol. The summed E-state index contributed by atoms with van der Waals surface area (Å²) in [5, 5.41) is 12.3. The van der Waals surface area contributed by atoms with Crippen LogP contribution in [0.1, 0.15) is 23.6 Å². The number of nitriles is 1. The van der Waals surface area contributed by atoms with E-state index in [1.807, 2.05) is 18.2 Å². The van der Waals surface area contributed by atoms with E-state index in [4.69, 9.17) is 5.26 Å². The second kappa shape index (κ2) is 10.00. The van der Waals surface area contributed by atoms with Crippen molar-refractivity contribution in [3.63, 3.8) is 0 Å². The first-order valence-electron chi connectivity index (χ1n) is 7.50. The molecule has 2 rings (SSSR count). The Bertz CT molecular complexity index is 590. The van der Waals surface area contributed by atoms with Crippen LogP contribution >= 0.6 is 12.4 Å². The molecule has 0 saturated heterocycles. The number of nitrogens with zero attached hydrogens (tertiary/aromatic N) is 1. The molecule has 2 aromatic rings. The van der Waals surface area contributed by atoms with Crippen LogP contribution in [-0.4, -0.2) is 12.6 Å². The summed E-state index contributed by atoms with van der Waals surface area (Å²) in [5.41, 5.74) is 3.77. The van der Waals surface area contributed by atoms with E-state index in [0.717, 1.165) is 24.9 Å². The molecule has 0 unspecified atom stereocenters. The molecule has 0 saturated carbocycles. The molecule has 0 fully saturated rings. The fourth-order valence-corrected chi connectivity index (χ4v) is 2.49. The fraction of sp³-hybridized carbons (Fsp3) is 0.316. The zero-order valence-corrected chi connectivity index (χ0v) is 13.8. The van der Waals surface area contributed by atoms with E-state index < -0.39 is 0 Å². The summed E-state index contributed by atoms with van der Waals surface area (Å²) in [6.45, 7) is 3.20. The van der Waals surface area contributed by atoms with E-state index in [9.17, 15) is 0 Å². The van der Waals surface area contributed by atoms with Crippen LogP contribution in [0.2, 0.25) is 0 Å². The van der Waals surface area contributed by atoms with Crippen molar-refractivity contribution in [3.05, 3.63) is 71.3 Å². The van der Waals surface area contributed by atoms with E-state index in [1.54, 1.807) is 0 Å². The summed E-state index contributed by atoms with van der Waals surface area (Å²) in [4.78, 5) is 0. The fourth-order valence-electron chi connectivity index (χ4n) is 2.49. The second-order valence-corrected chi connectivity index (χ2v) is 5.45. The Morgan fingerprint density at radius 3 is 2.41 bits per heavy atom. The van der Waals surface area contributed by atoms with Crippen molar-refractivity contribution in [3.8, 4) is 6.07 Å². The van der Waals surface area contributed by atoms with Crippen molar-refractivity contribution in [2.45, 2.75) is 32.2 Å². The topological polar surface area (TPSA) is 35.8 Å². The minimum Gasteiger partial charge on any atom is -0.314 e. The van der Waals surface area contributed by atoms with Gasteiger partial charge in [-0.25, -0.2) is 0 Å². The highest BCUT2D eigenvalue weighted by molar-refractivity contribution is 5.85. The predicted molar refractivity (Wildman–Crippen MR) is 94.3 cm³/mol. The highest BCUT2D eigenvalue weighted by Gasteiger charge is 2.04. The van der Waals surface area contributed by atoms with E-state index in [1.165, 1.54) is 11.1 Å². The summed E-state index contributed by atoms with van der Waals surface area (Å²) < 4.78 is 0. The molecule has 0 bridgehead atoms. The summed E-state index contributed by atoms with van der Waals surface area (Å²) in [6.07, 6.45) is 2.54. The molecule has 1 atom stereocenters. The van der Waals surface area contributed by atoms with Gasteiger partial charge in [0.15, 0.2) is 0 Å². The maximum absolute atomic E-state index is 8.75. The predicted octanol–water partition coefficient (Wildman–Crippen LogP) is 3.94. The Labute approximate surface area is 139 Å². The zero-order valence-electron chi connectivity index (χ0n) is 13.0. The first-order valence-corrected chi connectivity index (χ1v) is 7.50. The van der Waals surface area contributed by atoms with Crippen LogP contribution in [0.5, 0.6) is 0 Å². The van der Waals surface area contributed by atoms with Crippen molar-refractivity contribution in [1.82, 2.24) is 5.32 Å². The lowest BCUT2D eigenvalue weighted by Crippen LogP contribution is -2.30. The molecule has 0 aliphatic rings. The SMILES string of the molecule is C[C@H](Cc1cccc(CC#N)c1)NCCc1ccccc1.Cl. The van der Waals surface area contributed by atoms with Crippen LogP contribution < -0.4 is 5.32 Å². The molecule has 0 amide bonds. The molecule has 0 aliphatic carbocycles. The van der Waals surface area contributed by atoms with Gasteiger partial charge in [-0.05, 0) is 43.0 Å². The third-order valence-electron chi connectivity index (χ3n) is 3.57. The van der Waals surface area contributed by atoms with Gasteiger partial charge >= 0.3 is 0 Å². The first-order chi connectivity index (χ1) is 10.3. The molecule has 2 nitrogen and oxygen atoms in total. The quantitative estimate of drug-likeness (QED) is 0.840. The number of benzene rings is 2. The Hall–Kier alpha value is -1.82. The van der Waals surface area contributed by atoms with Gasteiger partial charge < -0.3 is 5.32 Å². The average molecular weight is 315 g/mol. The molecule has 0 aliphatic heterocycles. The van der Waals surface area contributed by atoms with Crippen molar-refractivity contribution in [2.24, 2.45) is 0 Å². The van der Waals surface area contributed by atoms with Gasteiger partial charge in [-0.1, -0.05) is 54.6 Å². The lowest BCUT2D eigenvalue weighted by molar-refractivity contribution is 0.548. The van der Waals surface area contributed by atoms with Crippen LogP contribution in [0.4, 0.5) is 0 Å². The third-order valence-corrected chi connectivity index (χ3v) is 3.57. The summed E-state index contributed by atoms with van der Waals surface area (Å²) >= 11 is 0. The van der Waals surface area contributed by atoms with Gasteiger partial charge in [0.2, 0.25) is 0 Å². The van der Waals surface area contributed by atoms with E-state index in [0.29, 0.717) is 12.5 Å². The first kappa shape index (κ1) is 18.2. The number of hydrogen-bond acceptors (Lipinski definition) is 2. The Morgan fingerprint density at radius 2 is 1.68 bits per heavy atom. The van der Waals surface area contributed by atoms with Gasteiger partial charge in [0.25, 0.3) is 0 Å². The van der Waals surface area contributed by atoms with Gasteiger partial charge in [-0.2, -0.15) is 5.26 Å². The molecule has 0 aromatic heterocycles. The van der Waals surface area contributed by atoms with Gasteiger partial charge in [0, 0.05) is 6.04 Å². The molecule has 0 radical (unpaired) electrons. The van der Waals surface area contributed by atoms with E-state index in [2.05, 4.69) is 54.7 Å². The average Bonchev–Trinajstić information content (AvgIpc) is 2.49. The molecular formula is C19H23ClN2. The molecule has 0 heterocycles. The highest BCUT2D eigenvalue weighted by Crippen LogP contribution is 2.08. The van der Waals surface area contributed by atoms with Crippen molar-refractivity contribution >= 4 is 12.4 Å². The number of nitrogens with one attached hydrogen (secondary N) is 1. The Balaban J connectivity index is 0.00000242. The minimum absolute atomic E-state index is 0. The molecule has 1 N–H and O–H groups in total. The van der Waals surface area contributed by atoms with Gasteiger partial charge in [0.05, 0.1) is 12.5 Å². The summed E-state index contributed by atoms with van der Waals surface area (Å²) in [6, 6.07) is 21.5. The van der Waals surface area contributed by atoms with E-state index >= 15 is 0 Å². The second-order valence-electron chi connectivity index (χ2n) is 5.45. The van der Waals surface area contributed by atoms with Crippen LogP contribution in [0, 0.1) is 11.3 Å². The molecule has 2 aromatic carbocycles. The van der Waals surface area contributed by atoms with Crippen molar-refractivity contribution in [2.75, 3.05) is 6.54 Å². The third kappa shape index (κ3) is 6.30. The molecular weight excluding hydrogens is 292 g/mol. The van der Waals surface area contributed by atoms with Gasteiger partial charge in [-0.15, -0.1) is 12.4 Å².